The minimum atomic E-state index is -1.41. The highest BCUT2D eigenvalue weighted by atomic mass is 32.2. The Bertz CT molecular complexity index is 1330. The molecule has 0 unspecified atom stereocenters. The Kier molecular flexibility index (Phi) is 6.21. The predicted octanol–water partition coefficient (Wildman–Crippen LogP) is 4.96. The van der Waals surface area contributed by atoms with Gasteiger partial charge in [0.2, 0.25) is 0 Å². The zero-order chi connectivity index (χ0) is 25.4. The molecule has 5 rings (SSSR count). The molecule has 10 heteroatoms. The normalized spacial score (nSPS) is 18.5. The van der Waals surface area contributed by atoms with Crippen LogP contribution in [0.4, 0.5) is 25.0 Å². The Hall–Kier alpha value is -3.79. The van der Waals surface area contributed by atoms with Gasteiger partial charge < -0.3 is 19.7 Å². The summed E-state index contributed by atoms with van der Waals surface area (Å²) in [6, 6.07) is 15.1. The second kappa shape index (κ2) is 9.34. The first-order chi connectivity index (χ1) is 17.4. The van der Waals surface area contributed by atoms with Gasteiger partial charge in [0.1, 0.15) is 23.1 Å². The summed E-state index contributed by atoms with van der Waals surface area (Å²) in [7, 11) is 3.04. The lowest BCUT2D eigenvalue weighted by atomic mass is 10.1. The lowest BCUT2D eigenvalue weighted by Gasteiger charge is -2.33. The van der Waals surface area contributed by atoms with Gasteiger partial charge in [-0.1, -0.05) is 12.1 Å². The lowest BCUT2D eigenvalue weighted by molar-refractivity contribution is -0.123. The number of methoxy groups -OCH3 is 2. The van der Waals surface area contributed by atoms with Crippen molar-refractivity contribution in [2.45, 2.75) is 11.4 Å². The van der Waals surface area contributed by atoms with Gasteiger partial charge in [0, 0.05) is 35.2 Å². The molecule has 3 amide bonds. The van der Waals surface area contributed by atoms with Crippen molar-refractivity contribution in [3.8, 4) is 11.5 Å². The summed E-state index contributed by atoms with van der Waals surface area (Å²) in [5, 5.41) is 2.84. The topological polar surface area (TPSA) is 71.1 Å². The first-order valence-corrected chi connectivity index (χ1v) is 12.2. The van der Waals surface area contributed by atoms with Gasteiger partial charge in [0.15, 0.2) is 4.87 Å². The average Bonchev–Trinajstić information content (AvgIpc) is 3.43. The first kappa shape index (κ1) is 23.9. The van der Waals surface area contributed by atoms with Crippen LogP contribution in [-0.4, -0.2) is 43.4 Å². The first-order valence-electron chi connectivity index (χ1n) is 11.2. The molecule has 3 aromatic carbocycles. The molecule has 0 aliphatic carbocycles. The van der Waals surface area contributed by atoms with E-state index in [-0.39, 0.29) is 12.1 Å². The van der Waals surface area contributed by atoms with Crippen molar-refractivity contribution in [1.82, 2.24) is 4.90 Å². The fraction of sp³-hybridized carbons (Fsp3) is 0.231. The molecule has 7 nitrogen and oxygen atoms in total. The van der Waals surface area contributed by atoms with Crippen molar-refractivity contribution in [3.05, 3.63) is 83.4 Å². The second-order valence-electron chi connectivity index (χ2n) is 8.28. The molecule has 3 aromatic rings. The maximum absolute atomic E-state index is 14.5. The van der Waals surface area contributed by atoms with Gasteiger partial charge in [0.05, 0.1) is 26.5 Å². The lowest BCUT2D eigenvalue weighted by Crippen LogP contribution is -2.51. The van der Waals surface area contributed by atoms with Gasteiger partial charge in [-0.25, -0.2) is 13.6 Å². The molecule has 2 heterocycles. The summed E-state index contributed by atoms with van der Waals surface area (Å²) < 4.78 is 39.7. The molecule has 1 fully saturated rings. The summed E-state index contributed by atoms with van der Waals surface area (Å²) in [5.74, 6) is -0.368. The van der Waals surface area contributed by atoms with Gasteiger partial charge in [0.25, 0.3) is 5.91 Å². The second-order valence-corrected chi connectivity index (χ2v) is 9.57. The molecule has 0 radical (unpaired) electrons. The van der Waals surface area contributed by atoms with Crippen molar-refractivity contribution >= 4 is 35.1 Å². The number of fused-ring (bicyclic) bond motifs is 2. The molecular formula is C26H23F2N3O4S. The predicted molar refractivity (Wildman–Crippen MR) is 133 cm³/mol. The zero-order valence-electron chi connectivity index (χ0n) is 19.6. The number of benzene rings is 3. The molecule has 2 aliphatic heterocycles. The van der Waals surface area contributed by atoms with Crippen LogP contribution >= 0.6 is 11.8 Å². The van der Waals surface area contributed by atoms with E-state index in [1.807, 2.05) is 0 Å². The molecular weight excluding hydrogens is 488 g/mol. The third-order valence-electron chi connectivity index (χ3n) is 6.34. The van der Waals surface area contributed by atoms with Crippen molar-refractivity contribution in [3.63, 3.8) is 0 Å². The number of carbonyl (C=O) groups excluding carboxylic acids is 2. The van der Waals surface area contributed by atoms with E-state index in [0.717, 1.165) is 12.1 Å². The summed E-state index contributed by atoms with van der Waals surface area (Å²) >= 11 is 1.31. The van der Waals surface area contributed by atoms with Crippen LogP contribution in [0.5, 0.6) is 11.5 Å². The van der Waals surface area contributed by atoms with Crippen LogP contribution in [0, 0.1) is 11.6 Å². The van der Waals surface area contributed by atoms with Crippen LogP contribution in [0.15, 0.2) is 60.7 Å². The maximum Gasteiger partial charge on any atom is 0.323 e. The molecule has 1 N–H and O–H groups in total. The highest BCUT2D eigenvalue weighted by Crippen LogP contribution is 2.55. The molecule has 186 valence electrons. The van der Waals surface area contributed by atoms with E-state index in [4.69, 9.17) is 9.47 Å². The molecule has 1 saturated heterocycles. The van der Waals surface area contributed by atoms with E-state index in [0.29, 0.717) is 40.7 Å². The summed E-state index contributed by atoms with van der Waals surface area (Å²) in [5.41, 5.74) is 1.29. The summed E-state index contributed by atoms with van der Waals surface area (Å²) in [6.07, 6.45) is 0. The number of hydrogen-bond acceptors (Lipinski definition) is 5. The average molecular weight is 512 g/mol. The van der Waals surface area contributed by atoms with Crippen LogP contribution in [-0.2, 0) is 16.2 Å². The number of anilines is 2. The van der Waals surface area contributed by atoms with Crippen molar-refractivity contribution in [1.29, 1.82) is 0 Å². The number of ether oxygens (including phenoxy) is 2. The summed E-state index contributed by atoms with van der Waals surface area (Å²) in [6.45, 7) is -0.0188. The molecule has 1 spiro atoms. The highest BCUT2D eigenvalue weighted by Gasteiger charge is 2.59. The van der Waals surface area contributed by atoms with E-state index in [2.05, 4.69) is 5.32 Å². The zero-order valence-corrected chi connectivity index (χ0v) is 20.4. The fourth-order valence-electron chi connectivity index (χ4n) is 4.61. The van der Waals surface area contributed by atoms with Crippen LogP contribution in [0.2, 0.25) is 0 Å². The molecule has 0 aromatic heterocycles. The van der Waals surface area contributed by atoms with Crippen molar-refractivity contribution in [2.24, 2.45) is 0 Å². The van der Waals surface area contributed by atoms with E-state index in [9.17, 15) is 18.4 Å². The fourth-order valence-corrected chi connectivity index (χ4v) is 6.06. The quantitative estimate of drug-likeness (QED) is 0.524. The van der Waals surface area contributed by atoms with Crippen molar-refractivity contribution in [2.75, 3.05) is 36.7 Å². The standard InChI is InChI=1S/C26H23F2N3O4S/c1-34-17-6-3-5-16(13-17)29-25(33)31-11-12-36-26(31)20-14-18(35-2)9-10-23(20)30(24(26)32)15-19-21(27)7-4-8-22(19)28/h3-10,13-14H,11-12,15H2,1-2H3,(H,29,33)/t26-/m0/s1. The Morgan fingerprint density at radius 1 is 1.03 bits per heavy atom. The minimum Gasteiger partial charge on any atom is -0.497 e. The van der Waals surface area contributed by atoms with Crippen LogP contribution in [0.3, 0.4) is 0 Å². The Morgan fingerprint density at radius 3 is 2.44 bits per heavy atom. The number of urea groups is 1. The van der Waals surface area contributed by atoms with E-state index in [1.54, 1.807) is 42.5 Å². The van der Waals surface area contributed by atoms with Crippen molar-refractivity contribution < 1.29 is 27.8 Å². The van der Waals surface area contributed by atoms with Crippen LogP contribution in [0.1, 0.15) is 11.1 Å². The molecule has 0 bridgehead atoms. The number of hydrogen-bond donors (Lipinski definition) is 1. The Labute approximate surface area is 211 Å². The number of halogens is 2. The molecule has 36 heavy (non-hydrogen) atoms. The monoisotopic (exact) mass is 511 g/mol. The largest absolute Gasteiger partial charge is 0.497 e. The van der Waals surface area contributed by atoms with Gasteiger partial charge in [-0.3, -0.25) is 9.69 Å². The number of amides is 3. The molecule has 0 saturated carbocycles. The number of nitrogens with one attached hydrogen (secondary N) is 1. The Morgan fingerprint density at radius 2 is 1.72 bits per heavy atom. The van der Waals surface area contributed by atoms with Gasteiger partial charge in [-0.15, -0.1) is 11.8 Å². The van der Waals surface area contributed by atoms with Crippen LogP contribution in [0.25, 0.3) is 0 Å². The van der Waals surface area contributed by atoms with Gasteiger partial charge in [-0.05, 0) is 42.5 Å². The third-order valence-corrected chi connectivity index (χ3v) is 7.76. The van der Waals surface area contributed by atoms with Crippen LogP contribution < -0.4 is 19.7 Å². The minimum absolute atomic E-state index is 0.222. The van der Waals surface area contributed by atoms with E-state index in [1.165, 1.54) is 41.8 Å². The number of rotatable bonds is 5. The molecule has 2 aliphatic rings. The number of carbonyl (C=O) groups is 2. The smallest absolute Gasteiger partial charge is 0.323 e. The summed E-state index contributed by atoms with van der Waals surface area (Å²) in [4.78, 5) is 28.9. The molecule has 1 atom stereocenters. The van der Waals surface area contributed by atoms with E-state index < -0.39 is 28.4 Å². The van der Waals surface area contributed by atoms with Gasteiger partial charge in [-0.2, -0.15) is 0 Å². The number of nitrogens with zero attached hydrogens (tertiary/aromatic N) is 2. The van der Waals surface area contributed by atoms with Gasteiger partial charge >= 0.3 is 6.03 Å². The van der Waals surface area contributed by atoms with E-state index >= 15 is 0 Å². The Balaban J connectivity index is 1.55. The SMILES string of the molecule is COc1cccc(NC(=O)N2CCS[C@@]23C(=O)N(Cc2c(F)cccc2F)c2ccc(OC)cc23)c1. The number of thioether (sulfide) groups is 1. The third kappa shape index (κ3) is 3.81. The highest BCUT2D eigenvalue weighted by molar-refractivity contribution is 8.01. The maximum atomic E-state index is 14.5.